The summed E-state index contributed by atoms with van der Waals surface area (Å²) in [6.07, 6.45) is 9.08. The van der Waals surface area contributed by atoms with Gasteiger partial charge in [0.15, 0.2) is 0 Å². The van der Waals surface area contributed by atoms with Crippen LogP contribution in [-0.4, -0.2) is 5.78 Å². The van der Waals surface area contributed by atoms with Crippen LogP contribution < -0.4 is 0 Å². The highest BCUT2D eigenvalue weighted by atomic mass is 16.1. The molecular formula is C15H18O. The van der Waals surface area contributed by atoms with E-state index in [1.54, 1.807) is 0 Å². The van der Waals surface area contributed by atoms with Crippen molar-refractivity contribution in [3.8, 4) is 0 Å². The third-order valence-electron chi connectivity index (χ3n) is 3.16. The van der Waals surface area contributed by atoms with Crippen LogP contribution in [0.2, 0.25) is 0 Å². The Kier molecular flexibility index (Phi) is 3.92. The molecule has 0 aromatic heterocycles. The Balaban J connectivity index is 1.91. The van der Waals surface area contributed by atoms with Gasteiger partial charge in [0.25, 0.3) is 0 Å². The van der Waals surface area contributed by atoms with Crippen LogP contribution in [-0.2, 0) is 11.2 Å². The van der Waals surface area contributed by atoms with E-state index >= 15 is 0 Å². The molecule has 1 unspecified atom stereocenters. The van der Waals surface area contributed by atoms with Gasteiger partial charge in [-0.2, -0.15) is 0 Å². The zero-order valence-electron chi connectivity index (χ0n) is 9.56. The van der Waals surface area contributed by atoms with E-state index in [0.29, 0.717) is 5.78 Å². The topological polar surface area (TPSA) is 17.1 Å². The van der Waals surface area contributed by atoms with Crippen LogP contribution in [0.1, 0.15) is 31.2 Å². The molecule has 0 aliphatic heterocycles. The van der Waals surface area contributed by atoms with Crippen LogP contribution in [0.15, 0.2) is 42.5 Å². The minimum absolute atomic E-state index is 0.155. The summed E-state index contributed by atoms with van der Waals surface area (Å²) in [5.41, 5.74) is 1.33. The van der Waals surface area contributed by atoms with Crippen LogP contribution in [0.4, 0.5) is 0 Å². The molecule has 1 aromatic rings. The average molecular weight is 214 g/mol. The summed E-state index contributed by atoms with van der Waals surface area (Å²) in [4.78, 5) is 11.8. The molecule has 0 fully saturated rings. The Bertz CT molecular complexity index is 364. The first kappa shape index (κ1) is 11.1. The van der Waals surface area contributed by atoms with Crippen molar-refractivity contribution >= 4 is 5.78 Å². The molecule has 1 aromatic carbocycles. The van der Waals surface area contributed by atoms with Crippen molar-refractivity contribution in [1.29, 1.82) is 0 Å². The Hall–Kier alpha value is -1.37. The van der Waals surface area contributed by atoms with Crippen molar-refractivity contribution in [1.82, 2.24) is 0 Å². The van der Waals surface area contributed by atoms with Crippen LogP contribution in [0.3, 0.4) is 0 Å². The van der Waals surface area contributed by atoms with E-state index in [1.165, 1.54) is 5.56 Å². The zero-order valence-corrected chi connectivity index (χ0v) is 9.56. The second-order valence-corrected chi connectivity index (χ2v) is 4.42. The second-order valence-electron chi connectivity index (χ2n) is 4.42. The number of rotatable bonds is 3. The molecule has 16 heavy (non-hydrogen) atoms. The molecule has 0 spiro atoms. The molecule has 1 heteroatoms. The third-order valence-corrected chi connectivity index (χ3v) is 3.16. The highest BCUT2D eigenvalue weighted by Crippen LogP contribution is 2.18. The Labute approximate surface area is 97.2 Å². The lowest BCUT2D eigenvalue weighted by Crippen LogP contribution is -2.11. The molecule has 1 nitrogen and oxygen atoms in total. The number of carbonyl (C=O) groups is 1. The summed E-state index contributed by atoms with van der Waals surface area (Å²) in [6.45, 7) is 0. The number of Topliss-reactive ketones (excluding diaryl/α,β-unsaturated/α-hetero) is 1. The Morgan fingerprint density at radius 1 is 1.19 bits per heavy atom. The molecule has 0 amide bonds. The van der Waals surface area contributed by atoms with Crippen LogP contribution in [0, 0.1) is 5.92 Å². The number of aryl methyl sites for hydroxylation is 1. The number of carbonyl (C=O) groups excluding carboxylic acids is 1. The lowest BCUT2D eigenvalue weighted by molar-refractivity contribution is -0.121. The predicted molar refractivity (Wildman–Crippen MR) is 66.3 cm³/mol. The van der Waals surface area contributed by atoms with Crippen LogP contribution >= 0.6 is 0 Å². The van der Waals surface area contributed by atoms with Gasteiger partial charge in [0.2, 0.25) is 0 Å². The fourth-order valence-corrected chi connectivity index (χ4v) is 2.17. The van der Waals surface area contributed by atoms with E-state index < -0.39 is 0 Å². The molecule has 0 N–H and O–H groups in total. The summed E-state index contributed by atoms with van der Waals surface area (Å²) in [5.74, 6) is 0.576. The van der Waals surface area contributed by atoms with E-state index in [1.807, 2.05) is 6.07 Å². The SMILES string of the molecule is O=C1CCCC=CC1CCc1ccccc1. The van der Waals surface area contributed by atoms with Crippen molar-refractivity contribution in [3.63, 3.8) is 0 Å². The maximum atomic E-state index is 11.8. The van der Waals surface area contributed by atoms with E-state index in [9.17, 15) is 4.79 Å². The van der Waals surface area contributed by atoms with Crippen LogP contribution in [0.25, 0.3) is 0 Å². The summed E-state index contributed by atoms with van der Waals surface area (Å²) in [5, 5.41) is 0. The van der Waals surface area contributed by atoms with Crippen molar-refractivity contribution < 1.29 is 4.79 Å². The zero-order chi connectivity index (χ0) is 11.2. The number of allylic oxidation sites excluding steroid dienone is 2. The number of benzene rings is 1. The molecule has 1 aliphatic rings. The lowest BCUT2D eigenvalue weighted by atomic mass is 9.94. The highest BCUT2D eigenvalue weighted by Gasteiger charge is 2.16. The second kappa shape index (κ2) is 5.64. The summed E-state index contributed by atoms with van der Waals surface area (Å²) < 4.78 is 0. The Morgan fingerprint density at radius 3 is 2.81 bits per heavy atom. The summed E-state index contributed by atoms with van der Waals surface area (Å²) in [6, 6.07) is 10.4. The molecule has 84 valence electrons. The Morgan fingerprint density at radius 2 is 2.00 bits per heavy atom. The van der Waals surface area contributed by atoms with Gasteiger partial charge in [-0.15, -0.1) is 0 Å². The monoisotopic (exact) mass is 214 g/mol. The maximum absolute atomic E-state index is 11.8. The molecule has 2 rings (SSSR count). The van der Waals surface area contributed by atoms with Crippen LogP contribution in [0.5, 0.6) is 0 Å². The first-order valence-electron chi connectivity index (χ1n) is 6.09. The van der Waals surface area contributed by atoms with Gasteiger partial charge < -0.3 is 0 Å². The predicted octanol–water partition coefficient (Wildman–Crippen LogP) is 3.54. The lowest BCUT2D eigenvalue weighted by Gasteiger charge is -2.09. The van der Waals surface area contributed by atoms with Crippen molar-refractivity contribution in [2.45, 2.75) is 32.1 Å². The number of hydrogen-bond acceptors (Lipinski definition) is 1. The third kappa shape index (κ3) is 3.06. The van der Waals surface area contributed by atoms with Gasteiger partial charge in [-0.1, -0.05) is 42.5 Å². The highest BCUT2D eigenvalue weighted by molar-refractivity contribution is 5.82. The molecule has 0 radical (unpaired) electrons. The van der Waals surface area contributed by atoms with Crippen molar-refractivity contribution in [3.05, 3.63) is 48.0 Å². The minimum atomic E-state index is 0.155. The van der Waals surface area contributed by atoms with Gasteiger partial charge in [-0.3, -0.25) is 4.79 Å². The standard InChI is InChI=1S/C15H18O/c16-15-10-6-2-5-9-14(15)12-11-13-7-3-1-4-8-13/h1,3-5,7-9,14H,2,6,10-12H2. The van der Waals surface area contributed by atoms with E-state index in [0.717, 1.165) is 32.1 Å². The van der Waals surface area contributed by atoms with E-state index in [4.69, 9.17) is 0 Å². The van der Waals surface area contributed by atoms with Gasteiger partial charge >= 0.3 is 0 Å². The van der Waals surface area contributed by atoms with E-state index in [2.05, 4.69) is 36.4 Å². The van der Waals surface area contributed by atoms with Crippen molar-refractivity contribution in [2.24, 2.45) is 5.92 Å². The molecule has 0 heterocycles. The average Bonchev–Trinajstić information content (AvgIpc) is 2.53. The normalized spacial score (nSPS) is 20.8. The van der Waals surface area contributed by atoms with Gasteiger partial charge in [0, 0.05) is 12.3 Å². The first-order valence-corrected chi connectivity index (χ1v) is 6.09. The molecule has 0 saturated heterocycles. The van der Waals surface area contributed by atoms with E-state index in [-0.39, 0.29) is 5.92 Å². The van der Waals surface area contributed by atoms with Gasteiger partial charge in [-0.25, -0.2) is 0 Å². The molecule has 1 aliphatic carbocycles. The largest absolute Gasteiger partial charge is 0.299 e. The van der Waals surface area contributed by atoms with Gasteiger partial charge in [0.05, 0.1) is 0 Å². The fraction of sp³-hybridized carbons (Fsp3) is 0.400. The maximum Gasteiger partial charge on any atom is 0.139 e. The first-order chi connectivity index (χ1) is 7.86. The summed E-state index contributed by atoms with van der Waals surface area (Å²) in [7, 11) is 0. The van der Waals surface area contributed by atoms with Gasteiger partial charge in [-0.05, 0) is 31.2 Å². The smallest absolute Gasteiger partial charge is 0.139 e. The number of ketones is 1. The quantitative estimate of drug-likeness (QED) is 0.703. The molecular weight excluding hydrogens is 196 g/mol. The van der Waals surface area contributed by atoms with Crippen molar-refractivity contribution in [2.75, 3.05) is 0 Å². The fourth-order valence-electron chi connectivity index (χ4n) is 2.17. The summed E-state index contributed by atoms with van der Waals surface area (Å²) >= 11 is 0. The number of hydrogen-bond donors (Lipinski definition) is 0. The minimum Gasteiger partial charge on any atom is -0.299 e. The molecule has 1 atom stereocenters. The van der Waals surface area contributed by atoms with Gasteiger partial charge in [0.1, 0.15) is 5.78 Å². The molecule has 0 saturated carbocycles. The molecule has 0 bridgehead atoms.